The van der Waals surface area contributed by atoms with Crippen LogP contribution in [0.4, 0.5) is 0 Å². The normalized spacial score (nSPS) is 0. The molecule has 0 amide bonds. The fraction of sp³-hybridized carbons (Fsp3) is 0. The largest absolute Gasteiger partial charge is 2.00 e. The minimum Gasteiger partial charge on any atom is -0.870 e. The Kier molecular flexibility index (Phi) is 9770. The van der Waals surface area contributed by atoms with Crippen molar-refractivity contribution in [2.45, 2.75) is 0 Å². The van der Waals surface area contributed by atoms with Gasteiger partial charge in [-0.25, -0.2) is 0 Å². The number of hydrogen-bond acceptors (Lipinski definition) is 3. The van der Waals surface area contributed by atoms with Crippen molar-refractivity contribution in [1.29, 1.82) is 0 Å². The predicted octanol–water partition coefficient (Wildman–Crippen LogP) is -0.194. The van der Waals surface area contributed by atoms with Crippen LogP contribution in [0.2, 0.25) is 0 Å². The second-order valence-electron chi connectivity index (χ2n) is 0. The molecule has 0 aliphatic carbocycles. The van der Waals surface area contributed by atoms with Crippen LogP contribution in [0.15, 0.2) is 0 Å². The molecule has 0 aromatic rings. The van der Waals surface area contributed by atoms with Gasteiger partial charge in [0.15, 0.2) is 0 Å². The Hall–Kier alpha value is 0.399. The number of rotatable bonds is 0. The molecule has 0 saturated heterocycles. The van der Waals surface area contributed by atoms with E-state index >= 15 is 0 Å². The summed E-state index contributed by atoms with van der Waals surface area (Å²) in [4.78, 5) is 0. The van der Waals surface area contributed by atoms with Gasteiger partial charge in [-0.05, 0) is 0 Å². The molecule has 0 heterocycles. The van der Waals surface area contributed by atoms with Gasteiger partial charge in [0.1, 0.15) is 0 Å². The Bertz CT molecular complexity index is 6.00. The number of hydrogen-bond donors (Lipinski definition) is 1. The quantitative estimate of drug-likeness (QED) is 0.434. The van der Waals surface area contributed by atoms with Crippen molar-refractivity contribution in [1.82, 2.24) is 6.15 Å². The van der Waals surface area contributed by atoms with Gasteiger partial charge in [-0.15, -0.1) is 0 Å². The third-order valence-corrected chi connectivity index (χ3v) is 0. The van der Waals surface area contributed by atoms with Gasteiger partial charge in [0, 0.05) is 0 Å². The van der Waals surface area contributed by atoms with Crippen molar-refractivity contribution in [3.8, 4) is 0 Å². The fourth-order valence-corrected chi connectivity index (χ4v) is 0. The van der Waals surface area contributed by atoms with Crippen molar-refractivity contribution in [2.75, 3.05) is 0 Å². The summed E-state index contributed by atoms with van der Waals surface area (Å²) in [5, 5.41) is 0. The Balaban J connectivity index is 0. The van der Waals surface area contributed by atoms with Gasteiger partial charge in [-0.2, -0.15) is 0 Å². The van der Waals surface area contributed by atoms with Gasteiger partial charge >= 0.3 is 17.1 Å². The summed E-state index contributed by atoms with van der Waals surface area (Å²) >= 11 is 0. The van der Waals surface area contributed by atoms with E-state index in [0.29, 0.717) is 0 Å². The molecular weight excluding hydrogens is 102 g/mol. The molecule has 4 heteroatoms. The van der Waals surface area contributed by atoms with Gasteiger partial charge in [-0.1, -0.05) is 0 Å². The molecule has 0 radical (unpaired) electrons. The fourth-order valence-electron chi connectivity index (χ4n) is 0. The summed E-state index contributed by atoms with van der Waals surface area (Å²) < 4.78 is 0. The monoisotopic (exact) mass is 107 g/mol. The average molecular weight is 107 g/mol. The smallest absolute Gasteiger partial charge is 0.870 e. The first-order chi connectivity index (χ1) is 0. The molecule has 0 rings (SSSR count). The maximum absolute atomic E-state index is 0. The molecular formula is H5FeNO2. The second-order valence-corrected chi connectivity index (χ2v) is 0. The first kappa shape index (κ1) is 319. The topological polar surface area (TPSA) is 95.0 Å². The van der Waals surface area contributed by atoms with E-state index in [2.05, 4.69) is 0 Å². The molecule has 3 nitrogen and oxygen atoms in total. The van der Waals surface area contributed by atoms with Crippen LogP contribution in [-0.2, 0) is 17.1 Å². The first-order valence-electron chi connectivity index (χ1n) is 0. The van der Waals surface area contributed by atoms with E-state index in [-0.39, 0.29) is 34.2 Å². The van der Waals surface area contributed by atoms with Crippen LogP contribution in [0, 0.1) is 0 Å². The zero-order valence-corrected chi connectivity index (χ0v) is 3.06. The molecule has 0 fully saturated rings. The molecule has 4 heavy (non-hydrogen) atoms. The summed E-state index contributed by atoms with van der Waals surface area (Å²) in [6, 6.07) is 0. The minimum atomic E-state index is 0. The molecule has 0 atom stereocenters. The molecule has 0 aliphatic rings. The van der Waals surface area contributed by atoms with Crippen LogP contribution in [-0.4, -0.2) is 11.0 Å². The van der Waals surface area contributed by atoms with Gasteiger partial charge < -0.3 is 17.1 Å². The van der Waals surface area contributed by atoms with Crippen LogP contribution in [0.5, 0.6) is 0 Å². The summed E-state index contributed by atoms with van der Waals surface area (Å²) in [6.07, 6.45) is 0. The van der Waals surface area contributed by atoms with Crippen molar-refractivity contribution >= 4 is 0 Å². The maximum atomic E-state index is 0. The summed E-state index contributed by atoms with van der Waals surface area (Å²) in [5.41, 5.74) is 0. The molecule has 0 aromatic carbocycles. The van der Waals surface area contributed by atoms with Crippen LogP contribution in [0.25, 0.3) is 0 Å². The molecule has 0 saturated carbocycles. The van der Waals surface area contributed by atoms with Crippen molar-refractivity contribution in [3.63, 3.8) is 0 Å². The van der Waals surface area contributed by atoms with Crippen molar-refractivity contribution < 1.29 is 28.0 Å². The first-order valence-corrected chi connectivity index (χ1v) is 0. The SMILES string of the molecule is N.[Fe+2].[OH-].[OH-]. The molecule has 0 bridgehead atoms. The van der Waals surface area contributed by atoms with Gasteiger partial charge in [0.2, 0.25) is 0 Å². The van der Waals surface area contributed by atoms with E-state index in [1.165, 1.54) is 0 Å². The average Bonchev–Trinajstić information content (AvgIpc) is 0. The Morgan fingerprint density at radius 1 is 0.750 bits per heavy atom. The van der Waals surface area contributed by atoms with Gasteiger partial charge in [0.05, 0.1) is 0 Å². The zero-order chi connectivity index (χ0) is 0. The second kappa shape index (κ2) is 123. The maximum Gasteiger partial charge on any atom is 2.00 e. The van der Waals surface area contributed by atoms with Gasteiger partial charge in [0.25, 0.3) is 0 Å². The van der Waals surface area contributed by atoms with Crippen molar-refractivity contribution in [2.24, 2.45) is 0 Å². The van der Waals surface area contributed by atoms with Crippen LogP contribution >= 0.6 is 0 Å². The predicted molar refractivity (Wildman–Crippen MR) is 8.89 cm³/mol. The molecule has 30 valence electrons. The Morgan fingerprint density at radius 2 is 0.750 bits per heavy atom. The minimum absolute atomic E-state index is 0. The van der Waals surface area contributed by atoms with E-state index < -0.39 is 0 Å². The van der Waals surface area contributed by atoms with E-state index in [4.69, 9.17) is 0 Å². The Labute approximate surface area is 35.1 Å². The van der Waals surface area contributed by atoms with E-state index in [1.54, 1.807) is 0 Å². The van der Waals surface area contributed by atoms with E-state index in [1.807, 2.05) is 0 Å². The Morgan fingerprint density at radius 3 is 0.750 bits per heavy atom. The van der Waals surface area contributed by atoms with Crippen molar-refractivity contribution in [3.05, 3.63) is 0 Å². The molecule has 0 spiro atoms. The summed E-state index contributed by atoms with van der Waals surface area (Å²) in [5.74, 6) is 0. The molecule has 0 aliphatic heterocycles. The summed E-state index contributed by atoms with van der Waals surface area (Å²) in [6.45, 7) is 0. The third-order valence-electron chi connectivity index (χ3n) is 0. The zero-order valence-electron chi connectivity index (χ0n) is 1.96. The third kappa shape index (κ3) is 29.4. The van der Waals surface area contributed by atoms with E-state index in [0.717, 1.165) is 0 Å². The standard InChI is InChI=1S/Fe.H3N.2H2O/h;1H3;2*1H2/q+2;;;/p-2. The van der Waals surface area contributed by atoms with Crippen LogP contribution < -0.4 is 6.15 Å². The summed E-state index contributed by atoms with van der Waals surface area (Å²) in [7, 11) is 0. The van der Waals surface area contributed by atoms with Crippen LogP contribution in [0.3, 0.4) is 0 Å². The van der Waals surface area contributed by atoms with E-state index in [9.17, 15) is 0 Å². The molecule has 0 aromatic heterocycles. The van der Waals surface area contributed by atoms with Crippen LogP contribution in [0.1, 0.15) is 0 Å². The van der Waals surface area contributed by atoms with Gasteiger partial charge in [-0.3, -0.25) is 0 Å². The molecule has 5 N–H and O–H groups in total. The molecule has 0 unspecified atom stereocenters.